The first-order valence-electron chi connectivity index (χ1n) is 6.74. The Morgan fingerprint density at radius 1 is 0.952 bits per heavy atom. The minimum atomic E-state index is -1.20. The van der Waals surface area contributed by atoms with Crippen LogP contribution >= 0.6 is 12.4 Å². The van der Waals surface area contributed by atoms with Crippen LogP contribution in [0.2, 0.25) is 0 Å². The predicted molar refractivity (Wildman–Crippen MR) is 84.5 cm³/mol. The number of rotatable bonds is 4. The fourth-order valence-electron chi connectivity index (χ4n) is 1.42. The van der Waals surface area contributed by atoms with Gasteiger partial charge in [-0.2, -0.15) is 0 Å². The van der Waals surface area contributed by atoms with Gasteiger partial charge in [-0.25, -0.2) is 9.59 Å². The minimum absolute atomic E-state index is 0. The SMILES string of the molecule is CC(C)(C)OC(=O)NC(C)(CCN)C(=O)OC(C)(C)C.Cl. The summed E-state index contributed by atoms with van der Waals surface area (Å²) in [5.41, 5.74) is 3.04. The van der Waals surface area contributed by atoms with Gasteiger partial charge in [0.2, 0.25) is 0 Å². The Bertz CT molecular complexity index is 361. The summed E-state index contributed by atoms with van der Waals surface area (Å²) in [5.74, 6) is -0.527. The van der Waals surface area contributed by atoms with E-state index >= 15 is 0 Å². The fraction of sp³-hybridized carbons (Fsp3) is 0.857. The van der Waals surface area contributed by atoms with Gasteiger partial charge in [-0.1, -0.05) is 0 Å². The highest BCUT2D eigenvalue weighted by Gasteiger charge is 2.39. The van der Waals surface area contributed by atoms with E-state index in [1.54, 1.807) is 48.5 Å². The van der Waals surface area contributed by atoms with Crippen molar-refractivity contribution < 1.29 is 19.1 Å². The predicted octanol–water partition coefficient (Wildman–Crippen LogP) is 2.38. The van der Waals surface area contributed by atoms with Gasteiger partial charge >= 0.3 is 12.1 Å². The Morgan fingerprint density at radius 3 is 1.71 bits per heavy atom. The third kappa shape index (κ3) is 9.52. The smallest absolute Gasteiger partial charge is 0.408 e. The maximum Gasteiger partial charge on any atom is 0.408 e. The van der Waals surface area contributed by atoms with Gasteiger partial charge in [-0.3, -0.25) is 0 Å². The second kappa shape index (κ2) is 7.84. The van der Waals surface area contributed by atoms with Crippen LogP contribution < -0.4 is 11.1 Å². The van der Waals surface area contributed by atoms with Crippen LogP contribution in [0.25, 0.3) is 0 Å². The molecule has 21 heavy (non-hydrogen) atoms. The maximum atomic E-state index is 12.2. The standard InChI is InChI=1S/C14H28N2O4.ClH/c1-12(2,3)19-10(17)14(7,8-9-15)16-11(18)20-13(4,5)6;/h8-9,15H2,1-7H3,(H,16,18);1H. The Hall–Kier alpha value is -1.01. The molecular formula is C14H29ClN2O4. The zero-order valence-corrected chi connectivity index (χ0v) is 14.8. The number of halogens is 1. The van der Waals surface area contributed by atoms with Crippen LogP contribution in [0.1, 0.15) is 54.9 Å². The van der Waals surface area contributed by atoms with Crippen molar-refractivity contribution in [2.45, 2.75) is 71.6 Å². The van der Waals surface area contributed by atoms with Gasteiger partial charge in [0.25, 0.3) is 0 Å². The van der Waals surface area contributed by atoms with E-state index in [9.17, 15) is 9.59 Å². The minimum Gasteiger partial charge on any atom is -0.458 e. The lowest BCUT2D eigenvalue weighted by Gasteiger charge is -2.32. The molecule has 0 saturated heterocycles. The van der Waals surface area contributed by atoms with Crippen molar-refractivity contribution >= 4 is 24.5 Å². The van der Waals surface area contributed by atoms with Crippen molar-refractivity contribution in [2.24, 2.45) is 5.73 Å². The number of carbonyl (C=O) groups excluding carboxylic acids is 2. The summed E-state index contributed by atoms with van der Waals surface area (Å²) in [5, 5.41) is 2.56. The zero-order valence-electron chi connectivity index (χ0n) is 14.0. The lowest BCUT2D eigenvalue weighted by atomic mass is 9.97. The molecule has 0 saturated carbocycles. The van der Waals surface area contributed by atoms with Crippen molar-refractivity contribution in [3.05, 3.63) is 0 Å². The van der Waals surface area contributed by atoms with E-state index in [4.69, 9.17) is 15.2 Å². The molecule has 0 aliphatic rings. The van der Waals surface area contributed by atoms with E-state index in [1.807, 2.05) is 0 Å². The molecule has 0 rings (SSSR count). The van der Waals surface area contributed by atoms with Crippen molar-refractivity contribution in [3.63, 3.8) is 0 Å². The van der Waals surface area contributed by atoms with Crippen LogP contribution in [0, 0.1) is 0 Å². The fourth-order valence-corrected chi connectivity index (χ4v) is 1.42. The second-order valence-electron chi connectivity index (χ2n) is 7.00. The summed E-state index contributed by atoms with van der Waals surface area (Å²) < 4.78 is 10.5. The summed E-state index contributed by atoms with van der Waals surface area (Å²) in [6.45, 7) is 12.4. The molecule has 0 aromatic rings. The van der Waals surface area contributed by atoms with Gasteiger partial charge in [-0.15, -0.1) is 12.4 Å². The molecule has 0 radical (unpaired) electrons. The summed E-state index contributed by atoms with van der Waals surface area (Å²) in [7, 11) is 0. The molecule has 7 heteroatoms. The number of nitrogens with one attached hydrogen (secondary N) is 1. The quantitative estimate of drug-likeness (QED) is 0.775. The van der Waals surface area contributed by atoms with Gasteiger partial charge in [0.1, 0.15) is 16.7 Å². The first kappa shape index (κ1) is 22.3. The Morgan fingerprint density at radius 2 is 1.38 bits per heavy atom. The van der Waals surface area contributed by atoms with Gasteiger partial charge in [-0.05, 0) is 61.4 Å². The number of carbonyl (C=O) groups is 2. The van der Waals surface area contributed by atoms with E-state index in [1.165, 1.54) is 0 Å². The van der Waals surface area contributed by atoms with Crippen molar-refractivity contribution in [1.29, 1.82) is 0 Å². The number of hydrogen-bond donors (Lipinski definition) is 2. The average molecular weight is 325 g/mol. The normalized spacial score (nSPS) is 14.5. The van der Waals surface area contributed by atoms with E-state index in [0.29, 0.717) is 0 Å². The number of hydrogen-bond acceptors (Lipinski definition) is 5. The van der Waals surface area contributed by atoms with Gasteiger partial charge < -0.3 is 20.5 Å². The lowest BCUT2D eigenvalue weighted by Crippen LogP contribution is -2.56. The molecule has 0 fully saturated rings. The molecule has 0 heterocycles. The van der Waals surface area contributed by atoms with E-state index in [0.717, 1.165) is 0 Å². The number of esters is 1. The third-order valence-corrected chi connectivity index (χ3v) is 2.27. The third-order valence-electron chi connectivity index (χ3n) is 2.27. The van der Waals surface area contributed by atoms with Crippen LogP contribution in [0.15, 0.2) is 0 Å². The highest BCUT2D eigenvalue weighted by atomic mass is 35.5. The molecule has 1 atom stereocenters. The van der Waals surface area contributed by atoms with Crippen LogP contribution in [-0.2, 0) is 14.3 Å². The Labute approximate surface area is 133 Å². The molecule has 6 nitrogen and oxygen atoms in total. The molecule has 0 bridgehead atoms. The monoisotopic (exact) mass is 324 g/mol. The summed E-state index contributed by atoms with van der Waals surface area (Å²) in [6, 6.07) is 0. The van der Waals surface area contributed by atoms with E-state index in [2.05, 4.69) is 5.32 Å². The molecule has 3 N–H and O–H groups in total. The molecule has 0 aromatic carbocycles. The highest BCUT2D eigenvalue weighted by Crippen LogP contribution is 2.18. The number of ether oxygens (including phenoxy) is 2. The molecule has 0 aromatic heterocycles. The average Bonchev–Trinajstić information content (AvgIpc) is 2.10. The molecule has 0 spiro atoms. The molecule has 1 unspecified atom stereocenters. The summed E-state index contributed by atoms with van der Waals surface area (Å²) in [4.78, 5) is 24.1. The molecule has 0 aliphatic carbocycles. The van der Waals surface area contributed by atoms with Gasteiger partial charge in [0, 0.05) is 0 Å². The number of alkyl carbamates (subject to hydrolysis) is 1. The van der Waals surface area contributed by atoms with Crippen molar-refractivity contribution in [3.8, 4) is 0 Å². The Balaban J connectivity index is 0. The first-order chi connectivity index (χ1) is 8.79. The second-order valence-corrected chi connectivity index (χ2v) is 7.00. The van der Waals surface area contributed by atoms with E-state index < -0.39 is 28.8 Å². The topological polar surface area (TPSA) is 90.6 Å². The number of nitrogens with two attached hydrogens (primary N) is 1. The van der Waals surface area contributed by atoms with Crippen molar-refractivity contribution in [2.75, 3.05) is 6.54 Å². The molecule has 1 amide bonds. The lowest BCUT2D eigenvalue weighted by molar-refractivity contribution is -0.162. The number of amides is 1. The van der Waals surface area contributed by atoms with Gasteiger partial charge in [0.05, 0.1) is 0 Å². The highest BCUT2D eigenvalue weighted by molar-refractivity contribution is 5.86. The van der Waals surface area contributed by atoms with Crippen LogP contribution in [0.5, 0.6) is 0 Å². The maximum absolute atomic E-state index is 12.2. The van der Waals surface area contributed by atoms with Gasteiger partial charge in [0.15, 0.2) is 0 Å². The van der Waals surface area contributed by atoms with Crippen LogP contribution in [0.3, 0.4) is 0 Å². The molecule has 0 aliphatic heterocycles. The first-order valence-corrected chi connectivity index (χ1v) is 6.74. The van der Waals surface area contributed by atoms with Crippen LogP contribution in [-0.4, -0.2) is 35.3 Å². The van der Waals surface area contributed by atoms with Crippen molar-refractivity contribution in [1.82, 2.24) is 5.32 Å². The Kier molecular flexibility index (Phi) is 8.32. The molecule has 126 valence electrons. The largest absolute Gasteiger partial charge is 0.458 e. The summed E-state index contributed by atoms with van der Waals surface area (Å²) >= 11 is 0. The van der Waals surface area contributed by atoms with Crippen LogP contribution in [0.4, 0.5) is 4.79 Å². The zero-order chi connectivity index (χ0) is 16.2. The van der Waals surface area contributed by atoms with E-state index in [-0.39, 0.29) is 25.4 Å². The molecular weight excluding hydrogens is 296 g/mol. The summed E-state index contributed by atoms with van der Waals surface area (Å²) in [6.07, 6.45) is -0.402.